The van der Waals surface area contributed by atoms with Crippen LogP contribution in [0.25, 0.3) is 6.08 Å². The molecule has 16 heavy (non-hydrogen) atoms. The van der Waals surface area contributed by atoms with Crippen LogP contribution in [-0.4, -0.2) is 11.6 Å². The van der Waals surface area contributed by atoms with Crippen LogP contribution in [0.4, 0.5) is 4.79 Å². The second-order valence-corrected chi connectivity index (χ2v) is 4.54. The Hall–Kier alpha value is -1.77. The van der Waals surface area contributed by atoms with Crippen molar-refractivity contribution in [1.29, 1.82) is 0 Å². The molecule has 0 fully saturated rings. The van der Waals surface area contributed by atoms with Crippen LogP contribution in [0, 0.1) is 0 Å². The summed E-state index contributed by atoms with van der Waals surface area (Å²) in [6.45, 7) is 9.35. The van der Waals surface area contributed by atoms with Crippen LogP contribution in [-0.2, 0) is 0 Å². The highest BCUT2D eigenvalue weighted by Crippen LogP contribution is 2.14. The minimum absolute atomic E-state index is 0.298. The molecular weight excluding hydrogens is 202 g/mol. The molecule has 0 aromatic heterocycles. The van der Waals surface area contributed by atoms with E-state index in [4.69, 9.17) is 4.74 Å². The average molecular weight is 219 g/mol. The van der Waals surface area contributed by atoms with E-state index < -0.39 is 6.09 Å². The van der Waals surface area contributed by atoms with Crippen molar-refractivity contribution in [3.05, 3.63) is 36.4 Å². The summed E-state index contributed by atoms with van der Waals surface area (Å²) in [6.07, 6.45) is 1.25. The van der Waals surface area contributed by atoms with Crippen molar-refractivity contribution in [3.63, 3.8) is 0 Å². The van der Waals surface area contributed by atoms with Crippen LogP contribution >= 0.6 is 0 Å². The van der Waals surface area contributed by atoms with Crippen molar-refractivity contribution < 1.29 is 9.53 Å². The average Bonchev–Trinajstić information content (AvgIpc) is 2.15. The van der Waals surface area contributed by atoms with Gasteiger partial charge in [-0.1, -0.05) is 24.8 Å². The molecule has 0 unspecified atom stereocenters. The van der Waals surface area contributed by atoms with E-state index in [2.05, 4.69) is 11.9 Å². The topological polar surface area (TPSA) is 38.3 Å². The molecule has 0 saturated carbocycles. The van der Waals surface area contributed by atoms with Crippen LogP contribution in [0.1, 0.15) is 26.3 Å². The lowest BCUT2D eigenvalue weighted by atomic mass is 10.1. The maximum Gasteiger partial charge on any atom is 0.413 e. The Kier molecular flexibility index (Phi) is 3.72. The molecule has 0 atom stereocenters. The maximum atomic E-state index is 11.5. The number of nitrogens with one attached hydrogen (secondary N) is 1. The number of rotatable bonds is 2. The van der Waals surface area contributed by atoms with Crippen LogP contribution in [0.5, 0.6) is 5.75 Å². The van der Waals surface area contributed by atoms with Gasteiger partial charge < -0.3 is 10.1 Å². The maximum absolute atomic E-state index is 11.5. The molecular formula is C13H17NO2. The van der Waals surface area contributed by atoms with Crippen molar-refractivity contribution in [2.75, 3.05) is 0 Å². The largest absolute Gasteiger partial charge is 0.413 e. The quantitative estimate of drug-likeness (QED) is 0.829. The van der Waals surface area contributed by atoms with Gasteiger partial charge in [0, 0.05) is 5.54 Å². The molecule has 1 amide bonds. The Morgan fingerprint density at radius 2 is 2.12 bits per heavy atom. The van der Waals surface area contributed by atoms with Crippen molar-refractivity contribution in [2.45, 2.75) is 26.3 Å². The lowest BCUT2D eigenvalue weighted by Crippen LogP contribution is -2.42. The van der Waals surface area contributed by atoms with E-state index in [1.807, 2.05) is 32.9 Å². The summed E-state index contributed by atoms with van der Waals surface area (Å²) in [5.41, 5.74) is 0.619. The summed E-state index contributed by atoms with van der Waals surface area (Å²) in [6, 6.07) is 7.20. The smallest absolute Gasteiger partial charge is 0.410 e. The monoisotopic (exact) mass is 219 g/mol. The predicted octanol–water partition coefficient (Wildman–Crippen LogP) is 3.22. The number of carbonyl (C=O) groups is 1. The highest BCUT2D eigenvalue weighted by atomic mass is 16.6. The summed E-state index contributed by atoms with van der Waals surface area (Å²) in [5, 5.41) is 2.72. The Bertz CT molecular complexity index is 391. The molecule has 0 aliphatic carbocycles. The molecule has 1 rings (SSSR count). The summed E-state index contributed by atoms with van der Waals surface area (Å²) in [4.78, 5) is 11.5. The normalized spacial score (nSPS) is 10.7. The third-order valence-corrected chi connectivity index (χ3v) is 1.78. The Labute approximate surface area is 96.1 Å². The Balaban J connectivity index is 2.66. The standard InChI is InChI=1S/C13H17NO2/c1-5-10-7-6-8-11(9-10)16-12(15)14-13(2,3)4/h5-9H,1H2,2-4H3,(H,14,15). The fourth-order valence-corrected chi connectivity index (χ4v) is 1.14. The van der Waals surface area contributed by atoms with Gasteiger partial charge in [0.25, 0.3) is 0 Å². The van der Waals surface area contributed by atoms with Gasteiger partial charge in [-0.3, -0.25) is 0 Å². The SMILES string of the molecule is C=Cc1cccc(OC(=O)NC(C)(C)C)c1. The third-order valence-electron chi connectivity index (χ3n) is 1.78. The fourth-order valence-electron chi connectivity index (χ4n) is 1.14. The fraction of sp³-hybridized carbons (Fsp3) is 0.308. The van der Waals surface area contributed by atoms with Gasteiger partial charge in [0.2, 0.25) is 0 Å². The number of hydrogen-bond donors (Lipinski definition) is 1. The molecule has 0 bridgehead atoms. The van der Waals surface area contributed by atoms with Crippen LogP contribution in [0.2, 0.25) is 0 Å². The number of ether oxygens (including phenoxy) is 1. The number of amides is 1. The zero-order valence-corrected chi connectivity index (χ0v) is 9.91. The minimum Gasteiger partial charge on any atom is -0.410 e. The first-order chi connectivity index (χ1) is 7.40. The Morgan fingerprint density at radius 1 is 1.44 bits per heavy atom. The second kappa shape index (κ2) is 4.84. The molecule has 86 valence electrons. The van der Waals surface area contributed by atoms with Gasteiger partial charge in [0.05, 0.1) is 0 Å². The van der Waals surface area contributed by atoms with Crippen molar-refractivity contribution in [2.24, 2.45) is 0 Å². The molecule has 0 radical (unpaired) electrons. The van der Waals surface area contributed by atoms with E-state index in [0.29, 0.717) is 5.75 Å². The van der Waals surface area contributed by atoms with Crippen LogP contribution in [0.3, 0.4) is 0 Å². The van der Waals surface area contributed by atoms with Gasteiger partial charge in [-0.05, 0) is 38.5 Å². The highest BCUT2D eigenvalue weighted by Gasteiger charge is 2.14. The summed E-state index contributed by atoms with van der Waals surface area (Å²) >= 11 is 0. The first kappa shape index (κ1) is 12.3. The van der Waals surface area contributed by atoms with E-state index in [1.54, 1.807) is 18.2 Å². The molecule has 0 spiro atoms. The first-order valence-electron chi connectivity index (χ1n) is 5.13. The number of carbonyl (C=O) groups excluding carboxylic acids is 1. The van der Waals surface area contributed by atoms with E-state index in [1.165, 1.54) is 0 Å². The highest BCUT2D eigenvalue weighted by molar-refractivity contribution is 5.71. The summed E-state index contributed by atoms with van der Waals surface area (Å²) in [7, 11) is 0. The molecule has 1 aromatic rings. The van der Waals surface area contributed by atoms with Crippen molar-refractivity contribution in [3.8, 4) is 5.75 Å². The van der Waals surface area contributed by atoms with E-state index >= 15 is 0 Å². The van der Waals surface area contributed by atoms with Crippen LogP contribution < -0.4 is 10.1 Å². The molecule has 0 aliphatic rings. The number of hydrogen-bond acceptors (Lipinski definition) is 2. The predicted molar refractivity (Wildman–Crippen MR) is 65.4 cm³/mol. The van der Waals surface area contributed by atoms with E-state index in [9.17, 15) is 4.79 Å². The molecule has 3 nitrogen and oxygen atoms in total. The van der Waals surface area contributed by atoms with Gasteiger partial charge >= 0.3 is 6.09 Å². The third kappa shape index (κ3) is 4.17. The van der Waals surface area contributed by atoms with Gasteiger partial charge in [-0.25, -0.2) is 4.79 Å². The molecule has 3 heteroatoms. The molecule has 0 aliphatic heterocycles. The van der Waals surface area contributed by atoms with Crippen molar-refractivity contribution >= 4 is 12.2 Å². The lowest BCUT2D eigenvalue weighted by Gasteiger charge is -2.19. The van der Waals surface area contributed by atoms with Gasteiger partial charge in [-0.2, -0.15) is 0 Å². The molecule has 1 N–H and O–H groups in total. The Morgan fingerprint density at radius 3 is 2.69 bits per heavy atom. The van der Waals surface area contributed by atoms with Crippen molar-refractivity contribution in [1.82, 2.24) is 5.32 Å². The second-order valence-electron chi connectivity index (χ2n) is 4.54. The van der Waals surface area contributed by atoms with E-state index in [-0.39, 0.29) is 5.54 Å². The summed E-state index contributed by atoms with van der Waals surface area (Å²) < 4.78 is 5.14. The molecule has 0 heterocycles. The molecule has 0 saturated heterocycles. The zero-order chi connectivity index (χ0) is 12.2. The number of benzene rings is 1. The van der Waals surface area contributed by atoms with Gasteiger partial charge in [-0.15, -0.1) is 0 Å². The first-order valence-corrected chi connectivity index (χ1v) is 5.13. The zero-order valence-electron chi connectivity index (χ0n) is 9.91. The van der Waals surface area contributed by atoms with Crippen LogP contribution in [0.15, 0.2) is 30.8 Å². The lowest BCUT2D eigenvalue weighted by molar-refractivity contribution is 0.190. The van der Waals surface area contributed by atoms with E-state index in [0.717, 1.165) is 5.56 Å². The molecule has 1 aromatic carbocycles. The van der Waals surface area contributed by atoms with Gasteiger partial charge in [0.15, 0.2) is 0 Å². The minimum atomic E-state index is -0.450. The summed E-state index contributed by atoms with van der Waals surface area (Å²) in [5.74, 6) is 0.513. The van der Waals surface area contributed by atoms with Gasteiger partial charge in [0.1, 0.15) is 5.75 Å².